The minimum atomic E-state index is -0.0645. The molecule has 0 saturated heterocycles. The first-order chi connectivity index (χ1) is 11.7. The van der Waals surface area contributed by atoms with Crippen molar-refractivity contribution in [1.29, 1.82) is 5.26 Å². The van der Waals surface area contributed by atoms with Gasteiger partial charge in [0.2, 0.25) is 0 Å². The number of nitrogens with zero attached hydrogens (tertiary/aromatic N) is 5. The third kappa shape index (κ3) is 2.83. The van der Waals surface area contributed by atoms with Crippen LogP contribution in [0.15, 0.2) is 18.6 Å². The summed E-state index contributed by atoms with van der Waals surface area (Å²) in [6.07, 6.45) is 4.69. The lowest BCUT2D eigenvalue weighted by Crippen LogP contribution is -2.32. The Balaban J connectivity index is 1.92. The van der Waals surface area contributed by atoms with Crippen LogP contribution in [0.1, 0.15) is 29.4 Å². The molecule has 2 aromatic heterocycles. The molecule has 3 heterocycles. The maximum atomic E-state index is 12.7. The van der Waals surface area contributed by atoms with Gasteiger partial charge in [-0.05, 0) is 19.4 Å². The smallest absolute Gasteiger partial charge is 0.270 e. The van der Waals surface area contributed by atoms with Gasteiger partial charge in [0.15, 0.2) is 0 Å². The topological polar surface area (TPSA) is 86.8 Å². The van der Waals surface area contributed by atoms with E-state index in [0.29, 0.717) is 25.2 Å². The van der Waals surface area contributed by atoms with Gasteiger partial charge in [0.05, 0.1) is 18.2 Å². The van der Waals surface area contributed by atoms with Gasteiger partial charge in [-0.1, -0.05) is 0 Å². The summed E-state index contributed by atoms with van der Waals surface area (Å²) in [5.74, 6) is 0.811. The van der Waals surface area contributed by atoms with Gasteiger partial charge < -0.3 is 14.8 Å². The van der Waals surface area contributed by atoms with Gasteiger partial charge in [-0.25, -0.2) is 9.97 Å². The minimum absolute atomic E-state index is 0.0645. The molecule has 0 unspecified atom stereocenters. The van der Waals surface area contributed by atoms with Gasteiger partial charge in [-0.2, -0.15) is 5.26 Å². The van der Waals surface area contributed by atoms with Crippen LogP contribution in [-0.4, -0.2) is 45.0 Å². The number of nitriles is 1. The fourth-order valence-electron chi connectivity index (χ4n) is 3.01. The molecule has 0 aliphatic carbocycles. The first kappa shape index (κ1) is 16.0. The number of aromatic nitrogens is 3. The molecule has 0 aromatic carbocycles. The number of carbonyl (C=O) groups excluding carboxylic acids is 1. The highest BCUT2D eigenvalue weighted by atomic mass is 16.2. The predicted octanol–water partition coefficient (Wildman–Crippen LogP) is 1.83. The number of rotatable bonds is 5. The normalized spacial score (nSPS) is 12.4. The first-order valence-corrected chi connectivity index (χ1v) is 8.06. The Hall–Kier alpha value is -2.88. The lowest BCUT2D eigenvalue weighted by molar-refractivity contribution is 0.0758. The van der Waals surface area contributed by atoms with Crippen LogP contribution in [0, 0.1) is 11.3 Å². The van der Waals surface area contributed by atoms with Crippen LogP contribution in [-0.2, 0) is 13.5 Å². The average molecular weight is 324 g/mol. The molecule has 1 amide bonds. The lowest BCUT2D eigenvalue weighted by atomic mass is 10.1. The van der Waals surface area contributed by atoms with Crippen molar-refractivity contribution in [3.8, 4) is 17.3 Å². The number of hydrogen-bond donors (Lipinski definition) is 1. The van der Waals surface area contributed by atoms with E-state index in [2.05, 4.69) is 21.4 Å². The van der Waals surface area contributed by atoms with Gasteiger partial charge in [0.1, 0.15) is 17.8 Å². The Labute approximate surface area is 140 Å². The average Bonchev–Trinajstić information content (AvgIpc) is 3.21. The van der Waals surface area contributed by atoms with Gasteiger partial charge in [0, 0.05) is 44.0 Å². The van der Waals surface area contributed by atoms with Gasteiger partial charge in [-0.3, -0.25) is 4.79 Å². The number of nitrogens with one attached hydrogen (secondary N) is 1. The Bertz CT molecular complexity index is 804. The van der Waals surface area contributed by atoms with E-state index in [4.69, 9.17) is 5.26 Å². The molecule has 2 aromatic rings. The summed E-state index contributed by atoms with van der Waals surface area (Å²) < 4.78 is 1.82. The van der Waals surface area contributed by atoms with Crippen LogP contribution >= 0.6 is 0 Å². The highest BCUT2D eigenvalue weighted by molar-refractivity contribution is 5.94. The fourth-order valence-corrected chi connectivity index (χ4v) is 3.01. The van der Waals surface area contributed by atoms with E-state index in [1.165, 1.54) is 0 Å². The third-order valence-electron chi connectivity index (χ3n) is 4.27. The zero-order valence-electron chi connectivity index (χ0n) is 13.9. The van der Waals surface area contributed by atoms with Crippen LogP contribution < -0.4 is 5.32 Å². The van der Waals surface area contributed by atoms with Crippen molar-refractivity contribution in [2.24, 2.45) is 7.05 Å². The van der Waals surface area contributed by atoms with E-state index in [1.54, 1.807) is 11.2 Å². The zero-order chi connectivity index (χ0) is 17.1. The molecule has 0 saturated carbocycles. The quantitative estimate of drug-likeness (QED) is 0.906. The standard InChI is InChI=1S/C17H20N6O/c1-3-23(8-4-6-18)17(24)14-9-12(10-22(14)2)15-13-5-7-19-16(13)21-11-20-15/h9-11H,3-5,7-8H2,1-2H3,(H,19,20,21). The second kappa shape index (κ2) is 6.71. The summed E-state index contributed by atoms with van der Waals surface area (Å²) >= 11 is 0. The van der Waals surface area contributed by atoms with E-state index in [0.717, 1.165) is 35.6 Å². The third-order valence-corrected chi connectivity index (χ3v) is 4.27. The van der Waals surface area contributed by atoms with Crippen molar-refractivity contribution < 1.29 is 4.79 Å². The molecule has 1 aliphatic heterocycles. The maximum Gasteiger partial charge on any atom is 0.270 e. The van der Waals surface area contributed by atoms with E-state index >= 15 is 0 Å². The van der Waals surface area contributed by atoms with Crippen molar-refractivity contribution in [3.05, 3.63) is 29.8 Å². The van der Waals surface area contributed by atoms with Crippen LogP contribution in [0.2, 0.25) is 0 Å². The van der Waals surface area contributed by atoms with Gasteiger partial charge >= 0.3 is 0 Å². The number of fused-ring (bicyclic) bond motifs is 1. The molecule has 7 heteroatoms. The minimum Gasteiger partial charge on any atom is -0.369 e. The van der Waals surface area contributed by atoms with E-state index < -0.39 is 0 Å². The largest absolute Gasteiger partial charge is 0.369 e. The summed E-state index contributed by atoms with van der Waals surface area (Å²) in [5, 5.41) is 12.0. The number of aryl methyl sites for hydroxylation is 1. The molecule has 1 N–H and O–H groups in total. The molecule has 0 radical (unpaired) electrons. The molecular formula is C17H20N6O. The number of hydrogen-bond acceptors (Lipinski definition) is 5. The number of anilines is 1. The van der Waals surface area contributed by atoms with Crippen molar-refractivity contribution in [3.63, 3.8) is 0 Å². The van der Waals surface area contributed by atoms with Crippen molar-refractivity contribution in [1.82, 2.24) is 19.4 Å². The molecule has 3 rings (SSSR count). The summed E-state index contributed by atoms with van der Waals surface area (Å²) in [6.45, 7) is 3.80. The van der Waals surface area contributed by atoms with E-state index in [9.17, 15) is 4.79 Å². The van der Waals surface area contributed by atoms with E-state index in [-0.39, 0.29) is 5.91 Å². The Kier molecular flexibility index (Phi) is 4.47. The SMILES string of the molecule is CCN(CCC#N)C(=O)c1cc(-c2ncnc3c2CCN3)cn1C. The molecule has 0 bridgehead atoms. The maximum absolute atomic E-state index is 12.7. The molecule has 1 aliphatic rings. The zero-order valence-corrected chi connectivity index (χ0v) is 13.9. The predicted molar refractivity (Wildman–Crippen MR) is 90.4 cm³/mol. The highest BCUT2D eigenvalue weighted by Gasteiger charge is 2.22. The molecule has 0 fully saturated rings. The van der Waals surface area contributed by atoms with Crippen LogP contribution in [0.4, 0.5) is 5.82 Å². The highest BCUT2D eigenvalue weighted by Crippen LogP contribution is 2.30. The first-order valence-electron chi connectivity index (χ1n) is 8.06. The second-order valence-electron chi connectivity index (χ2n) is 5.74. The Morgan fingerprint density at radius 2 is 2.33 bits per heavy atom. The van der Waals surface area contributed by atoms with Crippen molar-refractivity contribution in [2.45, 2.75) is 19.8 Å². The van der Waals surface area contributed by atoms with Gasteiger partial charge in [0.25, 0.3) is 5.91 Å². The van der Waals surface area contributed by atoms with E-state index in [1.807, 2.05) is 30.8 Å². The fraction of sp³-hybridized carbons (Fsp3) is 0.412. The van der Waals surface area contributed by atoms with Gasteiger partial charge in [-0.15, -0.1) is 0 Å². The molecular weight excluding hydrogens is 304 g/mol. The van der Waals surface area contributed by atoms with Crippen molar-refractivity contribution >= 4 is 11.7 Å². The van der Waals surface area contributed by atoms with Crippen LogP contribution in [0.3, 0.4) is 0 Å². The molecule has 24 heavy (non-hydrogen) atoms. The lowest BCUT2D eigenvalue weighted by Gasteiger charge is -2.19. The summed E-state index contributed by atoms with van der Waals surface area (Å²) in [7, 11) is 1.86. The number of carbonyl (C=O) groups is 1. The summed E-state index contributed by atoms with van der Waals surface area (Å²) in [6, 6.07) is 3.96. The molecule has 124 valence electrons. The molecule has 0 spiro atoms. The summed E-state index contributed by atoms with van der Waals surface area (Å²) in [5.41, 5.74) is 3.49. The molecule has 0 atom stereocenters. The Morgan fingerprint density at radius 3 is 3.08 bits per heavy atom. The Morgan fingerprint density at radius 1 is 1.50 bits per heavy atom. The number of amides is 1. The van der Waals surface area contributed by atoms with Crippen LogP contribution in [0.25, 0.3) is 11.3 Å². The monoisotopic (exact) mass is 324 g/mol. The molecule has 7 nitrogen and oxygen atoms in total. The van der Waals surface area contributed by atoms with Crippen molar-refractivity contribution in [2.75, 3.05) is 25.0 Å². The second-order valence-corrected chi connectivity index (χ2v) is 5.74. The summed E-state index contributed by atoms with van der Waals surface area (Å²) in [4.78, 5) is 23.1. The van der Waals surface area contributed by atoms with Crippen LogP contribution in [0.5, 0.6) is 0 Å².